The van der Waals surface area contributed by atoms with Gasteiger partial charge in [0.05, 0.1) is 12.1 Å². The number of ether oxygens (including phenoxy) is 1. The lowest BCUT2D eigenvalue weighted by molar-refractivity contribution is -0.124. The lowest BCUT2D eigenvalue weighted by Crippen LogP contribution is -2.40. The van der Waals surface area contributed by atoms with Gasteiger partial charge in [0.25, 0.3) is 10.0 Å². The Balaban J connectivity index is 1.70. The van der Waals surface area contributed by atoms with Gasteiger partial charge in [-0.1, -0.05) is 29.5 Å². The average Bonchev–Trinajstić information content (AvgIpc) is 3.02. The minimum Gasteiger partial charge on any atom is -0.492 e. The van der Waals surface area contributed by atoms with Gasteiger partial charge in [-0.25, -0.2) is 18.1 Å². The van der Waals surface area contributed by atoms with E-state index in [1.54, 1.807) is 6.07 Å². The number of rotatable bonds is 4. The molecule has 1 atom stereocenters. The fourth-order valence-electron chi connectivity index (χ4n) is 2.35. The summed E-state index contributed by atoms with van der Waals surface area (Å²) in [5.41, 5.74) is 0.858. The Morgan fingerprint density at radius 3 is 2.84 bits per heavy atom. The number of carbonyl (C=O) groups excluding carboxylic acids is 2. The first-order valence-electron chi connectivity index (χ1n) is 7.36. The molecule has 1 aliphatic rings. The molecule has 0 radical (unpaired) electrons. The number of aromatic nitrogens is 1. The molecule has 2 aromatic rings. The highest BCUT2D eigenvalue weighted by Gasteiger charge is 2.30. The van der Waals surface area contributed by atoms with Crippen molar-refractivity contribution in [3.05, 3.63) is 36.0 Å². The monoisotopic (exact) mass is 381 g/mol. The van der Waals surface area contributed by atoms with Crippen LogP contribution in [0.1, 0.15) is 12.5 Å². The Labute approximate surface area is 148 Å². The van der Waals surface area contributed by atoms with Crippen molar-refractivity contribution in [2.24, 2.45) is 5.92 Å². The summed E-state index contributed by atoms with van der Waals surface area (Å²) in [5.74, 6) is -0.895. The molecule has 0 spiro atoms. The molecule has 0 saturated carbocycles. The van der Waals surface area contributed by atoms with Gasteiger partial charge >= 0.3 is 0 Å². The maximum Gasteiger partial charge on any atom is 0.275 e. The molecule has 3 rings (SSSR count). The number of nitrogens with one attached hydrogen (secondary N) is 2. The Bertz CT molecular complexity index is 923. The van der Waals surface area contributed by atoms with E-state index in [9.17, 15) is 18.0 Å². The molecule has 0 saturated heterocycles. The van der Waals surface area contributed by atoms with Crippen LogP contribution < -0.4 is 14.8 Å². The Morgan fingerprint density at radius 1 is 1.32 bits per heavy atom. The van der Waals surface area contributed by atoms with Crippen molar-refractivity contribution in [2.45, 2.75) is 17.6 Å². The van der Waals surface area contributed by atoms with E-state index in [1.807, 2.05) is 18.2 Å². The summed E-state index contributed by atoms with van der Waals surface area (Å²) in [5, 5.41) is 2.54. The normalized spacial score (nSPS) is 16.4. The third kappa shape index (κ3) is 3.97. The highest BCUT2D eigenvalue weighted by molar-refractivity contribution is 7.92. The van der Waals surface area contributed by atoms with Gasteiger partial charge < -0.3 is 10.1 Å². The summed E-state index contributed by atoms with van der Waals surface area (Å²) in [7, 11) is -4.05. The number of amides is 2. The van der Waals surface area contributed by atoms with Crippen molar-refractivity contribution in [1.82, 2.24) is 9.71 Å². The van der Waals surface area contributed by atoms with Crippen LogP contribution in [0, 0.1) is 5.92 Å². The summed E-state index contributed by atoms with van der Waals surface area (Å²) >= 11 is 0.768. The largest absolute Gasteiger partial charge is 0.492 e. The number of thiazole rings is 1. The standard InChI is InChI=1S/C15H15N3O5S2/c1-9(19)17-15-16-7-13(24-15)25(21,22)18-14(20)11-6-10-4-2-3-5-12(10)23-8-11/h2-5,7,11H,6,8H2,1H3,(H,18,20)(H,16,17,19)/t11-/m0/s1. The van der Waals surface area contributed by atoms with E-state index in [-0.39, 0.29) is 21.9 Å². The molecule has 2 N–H and O–H groups in total. The van der Waals surface area contributed by atoms with Crippen LogP contribution in [0.25, 0.3) is 0 Å². The summed E-state index contributed by atoms with van der Waals surface area (Å²) < 4.78 is 32.0. The molecule has 0 bridgehead atoms. The van der Waals surface area contributed by atoms with Gasteiger partial charge in [0.15, 0.2) is 9.34 Å². The highest BCUT2D eigenvalue weighted by Crippen LogP contribution is 2.28. The van der Waals surface area contributed by atoms with E-state index in [0.717, 1.165) is 23.1 Å². The number of hydrogen-bond donors (Lipinski definition) is 2. The first kappa shape index (κ1) is 17.4. The Hall–Kier alpha value is -2.46. The predicted octanol–water partition coefficient (Wildman–Crippen LogP) is 1.16. The molecular formula is C15H15N3O5S2. The molecule has 8 nitrogen and oxygen atoms in total. The summed E-state index contributed by atoms with van der Waals surface area (Å²) in [6.45, 7) is 1.40. The maximum absolute atomic E-state index is 12.3. The molecular weight excluding hydrogens is 366 g/mol. The zero-order valence-corrected chi connectivity index (χ0v) is 14.8. The second-order valence-electron chi connectivity index (χ2n) is 5.46. The van der Waals surface area contributed by atoms with E-state index in [1.165, 1.54) is 6.92 Å². The van der Waals surface area contributed by atoms with Crippen molar-refractivity contribution >= 4 is 38.3 Å². The lowest BCUT2D eigenvalue weighted by atomic mass is 9.96. The second-order valence-corrected chi connectivity index (χ2v) is 8.40. The third-order valence-corrected chi connectivity index (χ3v) is 6.24. The van der Waals surface area contributed by atoms with Crippen LogP contribution >= 0.6 is 11.3 Å². The number of benzene rings is 1. The van der Waals surface area contributed by atoms with Gasteiger partial charge in [0, 0.05) is 6.92 Å². The van der Waals surface area contributed by atoms with Gasteiger partial charge in [0.1, 0.15) is 12.4 Å². The quantitative estimate of drug-likeness (QED) is 0.821. The van der Waals surface area contributed by atoms with E-state index < -0.39 is 21.8 Å². The molecule has 1 aromatic heterocycles. The van der Waals surface area contributed by atoms with Crippen molar-refractivity contribution < 1.29 is 22.7 Å². The number of hydrogen-bond acceptors (Lipinski definition) is 7. The van der Waals surface area contributed by atoms with Crippen LogP contribution in [0.15, 0.2) is 34.7 Å². The van der Waals surface area contributed by atoms with Crippen molar-refractivity contribution in [3.63, 3.8) is 0 Å². The number of anilines is 1. The SMILES string of the molecule is CC(=O)Nc1ncc(S(=O)(=O)NC(=O)[C@@H]2COc3ccccc3C2)s1. The molecule has 25 heavy (non-hydrogen) atoms. The van der Waals surface area contributed by atoms with Crippen LogP contribution in [0.5, 0.6) is 5.75 Å². The summed E-state index contributed by atoms with van der Waals surface area (Å²) in [4.78, 5) is 27.1. The summed E-state index contributed by atoms with van der Waals surface area (Å²) in [6, 6.07) is 7.31. The average molecular weight is 381 g/mol. The number of para-hydroxylation sites is 1. The second kappa shape index (κ2) is 6.81. The number of carbonyl (C=O) groups is 2. The van der Waals surface area contributed by atoms with Crippen LogP contribution in [0.4, 0.5) is 5.13 Å². The van der Waals surface area contributed by atoms with Crippen molar-refractivity contribution in [3.8, 4) is 5.75 Å². The van der Waals surface area contributed by atoms with Crippen LogP contribution in [-0.4, -0.2) is 31.8 Å². The first-order chi connectivity index (χ1) is 11.8. The molecule has 2 heterocycles. The minimum atomic E-state index is -4.05. The fraction of sp³-hybridized carbons (Fsp3) is 0.267. The maximum atomic E-state index is 12.3. The van der Waals surface area contributed by atoms with Gasteiger partial charge in [0.2, 0.25) is 11.8 Å². The lowest BCUT2D eigenvalue weighted by Gasteiger charge is -2.24. The van der Waals surface area contributed by atoms with Crippen molar-refractivity contribution in [2.75, 3.05) is 11.9 Å². The van der Waals surface area contributed by atoms with E-state index in [0.29, 0.717) is 12.2 Å². The van der Waals surface area contributed by atoms with Crippen LogP contribution in [-0.2, 0) is 26.0 Å². The highest BCUT2D eigenvalue weighted by atomic mass is 32.2. The van der Waals surface area contributed by atoms with E-state index in [2.05, 4.69) is 15.0 Å². The number of nitrogens with zero attached hydrogens (tertiary/aromatic N) is 1. The Kier molecular flexibility index (Phi) is 4.73. The number of sulfonamides is 1. The molecule has 1 aromatic carbocycles. The zero-order chi connectivity index (χ0) is 18.0. The van der Waals surface area contributed by atoms with Crippen LogP contribution in [0.3, 0.4) is 0 Å². The van der Waals surface area contributed by atoms with Gasteiger partial charge in [-0.3, -0.25) is 9.59 Å². The van der Waals surface area contributed by atoms with Gasteiger partial charge in [-0.05, 0) is 18.1 Å². The first-order valence-corrected chi connectivity index (χ1v) is 9.66. The number of fused-ring (bicyclic) bond motifs is 1. The van der Waals surface area contributed by atoms with Crippen LogP contribution in [0.2, 0.25) is 0 Å². The molecule has 132 valence electrons. The molecule has 0 aliphatic carbocycles. The molecule has 0 fully saturated rings. The smallest absolute Gasteiger partial charge is 0.275 e. The zero-order valence-electron chi connectivity index (χ0n) is 13.2. The Morgan fingerprint density at radius 2 is 2.08 bits per heavy atom. The summed E-state index contributed by atoms with van der Waals surface area (Å²) in [6.07, 6.45) is 1.50. The molecule has 10 heteroatoms. The fourth-order valence-corrected chi connectivity index (χ4v) is 4.47. The van der Waals surface area contributed by atoms with Crippen molar-refractivity contribution in [1.29, 1.82) is 0 Å². The minimum absolute atomic E-state index is 0.109. The topological polar surface area (TPSA) is 114 Å². The molecule has 0 unspecified atom stereocenters. The molecule has 1 aliphatic heterocycles. The molecule has 2 amide bonds. The van der Waals surface area contributed by atoms with Gasteiger partial charge in [-0.2, -0.15) is 0 Å². The third-order valence-electron chi connectivity index (χ3n) is 3.52. The predicted molar refractivity (Wildman–Crippen MR) is 90.9 cm³/mol. The van der Waals surface area contributed by atoms with Gasteiger partial charge in [-0.15, -0.1) is 0 Å². The van der Waals surface area contributed by atoms with E-state index in [4.69, 9.17) is 4.74 Å². The van der Waals surface area contributed by atoms with E-state index >= 15 is 0 Å².